The van der Waals surface area contributed by atoms with Crippen molar-refractivity contribution in [1.29, 1.82) is 0 Å². The van der Waals surface area contributed by atoms with Gasteiger partial charge in [-0.05, 0) is 87.8 Å². The molecule has 0 fully saturated rings. The fourth-order valence-corrected chi connectivity index (χ4v) is 9.97. The molecule has 2 aromatic heterocycles. The van der Waals surface area contributed by atoms with E-state index in [-0.39, 0.29) is 12.8 Å². The van der Waals surface area contributed by atoms with Gasteiger partial charge in [-0.3, -0.25) is 0 Å². The van der Waals surface area contributed by atoms with Crippen LogP contribution in [0.3, 0.4) is 0 Å². The number of fused-ring (bicyclic) bond motifs is 7. The zero-order chi connectivity index (χ0) is 40.3. The van der Waals surface area contributed by atoms with Gasteiger partial charge in [0.15, 0.2) is 0 Å². The molecule has 0 bridgehead atoms. The predicted octanol–water partition coefficient (Wildman–Crippen LogP) is 12.2. The highest BCUT2D eigenvalue weighted by atomic mass is 15.2. The number of para-hydroxylation sites is 1. The number of pyridine rings is 1. The van der Waals surface area contributed by atoms with E-state index in [9.17, 15) is 0 Å². The zero-order valence-electron chi connectivity index (χ0n) is 33.6. The number of anilines is 2. The lowest BCUT2D eigenvalue weighted by atomic mass is 9.35. The summed E-state index contributed by atoms with van der Waals surface area (Å²) in [4.78, 5) is 7.78. The second-order valence-corrected chi connectivity index (χ2v) is 16.2. The van der Waals surface area contributed by atoms with Crippen molar-refractivity contribution in [3.05, 3.63) is 224 Å². The average molecular weight is 778 g/mol. The SMILES string of the molecule is C1=CCC(N(c2ccccc2)c2cc3c4c(c2)c2c5ccccc5ccc2n4-c2ccc(-c4cc(-c5ccccc5)nc(-c5ccccc5)c4)cc2B3c2ccccc2)C=C1. The number of rotatable bonds is 7. The molecular formula is C57H40BN3. The lowest BCUT2D eigenvalue weighted by Gasteiger charge is -2.34. The molecule has 0 amide bonds. The molecule has 0 spiro atoms. The standard InChI is InChI=1S/C57H40BN3/c1-6-19-40(20-7-1)52-35-43(36-53(59-52)41-21-8-2-9-22-41)42-31-32-54-50(34-42)58(44-23-10-3-11-24-44)51-38-47(60(45-25-12-4-13-26-45)46-27-14-5-15-28-46)37-49-56-48-29-17-16-18-39(48)30-33-55(56)61(54)57(49)51/h1-27,29-38,46H,28H2. The van der Waals surface area contributed by atoms with Crippen LogP contribution in [0.5, 0.6) is 0 Å². The molecule has 8 aromatic carbocycles. The molecule has 2 aliphatic rings. The van der Waals surface area contributed by atoms with Gasteiger partial charge in [0, 0.05) is 44.5 Å². The van der Waals surface area contributed by atoms with Crippen molar-refractivity contribution in [2.45, 2.75) is 12.5 Å². The van der Waals surface area contributed by atoms with Crippen molar-refractivity contribution >= 4 is 67.1 Å². The second-order valence-electron chi connectivity index (χ2n) is 16.2. The topological polar surface area (TPSA) is 21.1 Å². The third-order valence-corrected chi connectivity index (χ3v) is 12.7. The Morgan fingerprint density at radius 1 is 0.508 bits per heavy atom. The van der Waals surface area contributed by atoms with Gasteiger partial charge in [-0.2, -0.15) is 0 Å². The third-order valence-electron chi connectivity index (χ3n) is 12.7. The summed E-state index contributed by atoms with van der Waals surface area (Å²) in [5.74, 6) is 0. The minimum absolute atomic E-state index is 0.0230. The van der Waals surface area contributed by atoms with Crippen molar-refractivity contribution in [3.8, 4) is 39.3 Å². The number of allylic oxidation sites excluding steroid dienone is 2. The molecule has 3 nitrogen and oxygen atoms in total. The van der Waals surface area contributed by atoms with Crippen LogP contribution in [0.25, 0.3) is 71.9 Å². The molecule has 12 rings (SSSR count). The molecule has 0 N–H and O–H groups in total. The molecule has 1 atom stereocenters. The number of hydrogen-bond donors (Lipinski definition) is 0. The molecule has 1 aliphatic carbocycles. The Balaban J connectivity index is 1.16. The molecule has 4 heteroatoms. The first kappa shape index (κ1) is 35.3. The molecule has 0 saturated carbocycles. The minimum Gasteiger partial charge on any atom is -0.334 e. The summed E-state index contributed by atoms with van der Waals surface area (Å²) in [6.45, 7) is -0.0230. The minimum atomic E-state index is -0.0230. The Hall–Kier alpha value is -7.69. The van der Waals surface area contributed by atoms with Gasteiger partial charge >= 0.3 is 0 Å². The average Bonchev–Trinajstić information content (AvgIpc) is 3.68. The van der Waals surface area contributed by atoms with Crippen molar-refractivity contribution in [3.63, 3.8) is 0 Å². The van der Waals surface area contributed by atoms with Crippen molar-refractivity contribution in [2.24, 2.45) is 0 Å². The van der Waals surface area contributed by atoms with Gasteiger partial charge in [0.05, 0.1) is 22.9 Å². The molecule has 1 unspecified atom stereocenters. The maximum absolute atomic E-state index is 5.23. The van der Waals surface area contributed by atoms with Crippen LogP contribution in [0.1, 0.15) is 6.42 Å². The lowest BCUT2D eigenvalue weighted by Crippen LogP contribution is -2.56. The molecule has 61 heavy (non-hydrogen) atoms. The molecular weight excluding hydrogens is 737 g/mol. The zero-order valence-corrected chi connectivity index (χ0v) is 33.6. The van der Waals surface area contributed by atoms with Crippen LogP contribution in [0, 0.1) is 0 Å². The molecule has 0 saturated heterocycles. The molecule has 3 heterocycles. The van der Waals surface area contributed by atoms with E-state index in [1.165, 1.54) is 71.6 Å². The van der Waals surface area contributed by atoms with Crippen LogP contribution in [0.4, 0.5) is 11.4 Å². The van der Waals surface area contributed by atoms with Crippen molar-refractivity contribution in [2.75, 3.05) is 4.90 Å². The summed E-state index contributed by atoms with van der Waals surface area (Å²) in [7, 11) is 0. The quantitative estimate of drug-likeness (QED) is 0.150. The molecule has 1 aliphatic heterocycles. The maximum Gasteiger partial charge on any atom is 0.246 e. The van der Waals surface area contributed by atoms with E-state index in [2.05, 4.69) is 234 Å². The lowest BCUT2D eigenvalue weighted by molar-refractivity contribution is 0.786. The third kappa shape index (κ3) is 5.94. The van der Waals surface area contributed by atoms with E-state index in [0.29, 0.717) is 0 Å². The Kier molecular flexibility index (Phi) is 8.41. The van der Waals surface area contributed by atoms with Crippen LogP contribution in [-0.4, -0.2) is 22.3 Å². The van der Waals surface area contributed by atoms with Gasteiger partial charge in [0.2, 0.25) is 6.71 Å². The summed E-state index contributed by atoms with van der Waals surface area (Å²) in [5.41, 5.74) is 16.4. The van der Waals surface area contributed by atoms with E-state index >= 15 is 0 Å². The van der Waals surface area contributed by atoms with Gasteiger partial charge in [0.1, 0.15) is 0 Å². The summed E-state index contributed by atoms with van der Waals surface area (Å²) < 4.78 is 2.56. The van der Waals surface area contributed by atoms with E-state index in [1.54, 1.807) is 0 Å². The molecule has 0 radical (unpaired) electrons. The molecule has 10 aromatic rings. The number of aromatic nitrogens is 2. The summed E-state index contributed by atoms with van der Waals surface area (Å²) in [5, 5.41) is 5.09. The van der Waals surface area contributed by atoms with Crippen molar-refractivity contribution < 1.29 is 0 Å². The van der Waals surface area contributed by atoms with Gasteiger partial charge in [-0.25, -0.2) is 4.98 Å². The van der Waals surface area contributed by atoms with Crippen LogP contribution >= 0.6 is 0 Å². The summed E-state index contributed by atoms with van der Waals surface area (Å²) in [6, 6.07) is 73.4. The van der Waals surface area contributed by atoms with E-state index in [4.69, 9.17) is 4.98 Å². The van der Waals surface area contributed by atoms with Gasteiger partial charge in [-0.15, -0.1) is 0 Å². The summed E-state index contributed by atoms with van der Waals surface area (Å²) in [6.07, 6.45) is 9.93. The Morgan fingerprint density at radius 2 is 1.18 bits per heavy atom. The largest absolute Gasteiger partial charge is 0.334 e. The normalized spacial score (nSPS) is 14.2. The fraction of sp³-hybridized carbons (Fsp3) is 0.0351. The summed E-state index contributed by atoms with van der Waals surface area (Å²) >= 11 is 0. The number of nitrogens with zero attached hydrogens (tertiary/aromatic N) is 3. The first-order valence-corrected chi connectivity index (χ1v) is 21.3. The van der Waals surface area contributed by atoms with Crippen LogP contribution in [0.15, 0.2) is 224 Å². The van der Waals surface area contributed by atoms with Crippen LogP contribution in [-0.2, 0) is 0 Å². The van der Waals surface area contributed by atoms with Gasteiger partial charge in [-0.1, -0.05) is 181 Å². The monoisotopic (exact) mass is 777 g/mol. The number of benzene rings is 8. The first-order valence-electron chi connectivity index (χ1n) is 21.3. The van der Waals surface area contributed by atoms with E-state index in [1.807, 2.05) is 0 Å². The maximum atomic E-state index is 5.23. The van der Waals surface area contributed by atoms with Crippen LogP contribution < -0.4 is 21.3 Å². The second kappa shape index (κ2) is 14.5. The van der Waals surface area contributed by atoms with Gasteiger partial charge in [0.25, 0.3) is 0 Å². The Labute approximate surface area is 356 Å². The van der Waals surface area contributed by atoms with Gasteiger partial charge < -0.3 is 9.47 Å². The Morgan fingerprint density at radius 3 is 1.89 bits per heavy atom. The highest BCUT2D eigenvalue weighted by Crippen LogP contribution is 2.42. The highest BCUT2D eigenvalue weighted by molar-refractivity contribution is 6.98. The van der Waals surface area contributed by atoms with Crippen LogP contribution in [0.2, 0.25) is 0 Å². The smallest absolute Gasteiger partial charge is 0.246 e. The number of hydrogen-bond acceptors (Lipinski definition) is 2. The first-order chi connectivity index (χ1) is 30.3. The predicted molar refractivity (Wildman–Crippen MR) is 259 cm³/mol. The highest BCUT2D eigenvalue weighted by Gasteiger charge is 2.36. The Bertz CT molecular complexity index is 3280. The fourth-order valence-electron chi connectivity index (χ4n) is 9.97. The van der Waals surface area contributed by atoms with E-state index in [0.717, 1.165) is 34.5 Å². The van der Waals surface area contributed by atoms with E-state index < -0.39 is 0 Å². The molecule has 286 valence electrons. The van der Waals surface area contributed by atoms with Crippen molar-refractivity contribution in [1.82, 2.24) is 9.55 Å².